The van der Waals surface area contributed by atoms with Gasteiger partial charge in [0.2, 0.25) is 0 Å². The van der Waals surface area contributed by atoms with Gasteiger partial charge in [0.15, 0.2) is 0 Å². The average Bonchev–Trinajstić information content (AvgIpc) is 2.31. The molecule has 0 aliphatic carbocycles. The molecular formula is C13H16ClN3. The summed E-state index contributed by atoms with van der Waals surface area (Å²) in [6.45, 7) is 9.61. The van der Waals surface area contributed by atoms with Gasteiger partial charge in [-0.3, -0.25) is 4.99 Å². The molecule has 4 heteroatoms. The molecule has 1 aromatic heterocycles. The molecule has 17 heavy (non-hydrogen) atoms. The molecule has 0 aromatic carbocycles. The van der Waals surface area contributed by atoms with Crippen LogP contribution < -0.4 is 0 Å². The number of aromatic nitrogens is 2. The van der Waals surface area contributed by atoms with E-state index >= 15 is 0 Å². The fraction of sp³-hybridized carbons (Fsp3) is 0.308. The maximum atomic E-state index is 6.08. The van der Waals surface area contributed by atoms with Crippen LogP contribution in [0, 0.1) is 0 Å². The lowest BCUT2D eigenvalue weighted by Gasteiger charge is -2.05. The zero-order valence-electron chi connectivity index (χ0n) is 10.4. The molecule has 0 spiro atoms. The highest BCUT2D eigenvalue weighted by Gasteiger charge is 2.07. The van der Waals surface area contributed by atoms with Gasteiger partial charge >= 0.3 is 0 Å². The van der Waals surface area contributed by atoms with Crippen LogP contribution in [0.15, 0.2) is 30.0 Å². The second-order valence-electron chi connectivity index (χ2n) is 3.70. The number of aryl methyl sites for hydroxylation is 1. The van der Waals surface area contributed by atoms with E-state index < -0.39 is 0 Å². The van der Waals surface area contributed by atoms with E-state index in [0.717, 1.165) is 23.5 Å². The molecule has 0 saturated heterocycles. The lowest BCUT2D eigenvalue weighted by atomic mass is 10.2. The standard InChI is InChI=1S/C13H16ClN3/c1-5-10(7-15-9(3)4)13-11(14)8-16-12(6-2)17-13/h5,7-8H,1,6H2,2-4H3/b10-7+. The minimum atomic E-state index is 0.511. The molecule has 1 heterocycles. The number of hydrogen-bond acceptors (Lipinski definition) is 3. The molecule has 1 aromatic rings. The molecule has 0 aliphatic heterocycles. The van der Waals surface area contributed by atoms with Gasteiger partial charge in [0.1, 0.15) is 5.82 Å². The summed E-state index contributed by atoms with van der Waals surface area (Å²) in [4.78, 5) is 12.8. The summed E-state index contributed by atoms with van der Waals surface area (Å²) in [5, 5.41) is 0.511. The van der Waals surface area contributed by atoms with Gasteiger partial charge in [0.05, 0.1) is 10.7 Å². The SMILES string of the molecule is C=C/C(=C\N=C(C)C)c1nc(CC)ncc1Cl. The summed E-state index contributed by atoms with van der Waals surface area (Å²) < 4.78 is 0. The second-order valence-corrected chi connectivity index (χ2v) is 4.11. The number of hydrogen-bond donors (Lipinski definition) is 0. The molecule has 0 aliphatic rings. The number of allylic oxidation sites excluding steroid dienone is 2. The maximum Gasteiger partial charge on any atom is 0.128 e. The van der Waals surface area contributed by atoms with Crippen LogP contribution in [0.1, 0.15) is 32.3 Å². The first-order valence-electron chi connectivity index (χ1n) is 5.43. The third-order valence-electron chi connectivity index (χ3n) is 2.07. The van der Waals surface area contributed by atoms with Crippen molar-refractivity contribution in [1.82, 2.24) is 9.97 Å². The number of rotatable bonds is 4. The molecule has 0 fully saturated rings. The van der Waals surface area contributed by atoms with Gasteiger partial charge in [-0.05, 0) is 13.8 Å². The van der Waals surface area contributed by atoms with E-state index in [1.807, 2.05) is 20.8 Å². The summed E-state index contributed by atoms with van der Waals surface area (Å²) in [7, 11) is 0. The van der Waals surface area contributed by atoms with Crippen molar-refractivity contribution >= 4 is 22.9 Å². The zero-order chi connectivity index (χ0) is 12.8. The predicted molar refractivity (Wildman–Crippen MR) is 73.4 cm³/mol. The van der Waals surface area contributed by atoms with E-state index in [0.29, 0.717) is 10.7 Å². The van der Waals surface area contributed by atoms with Gasteiger partial charge in [-0.15, -0.1) is 0 Å². The first-order valence-corrected chi connectivity index (χ1v) is 5.81. The van der Waals surface area contributed by atoms with Crippen molar-refractivity contribution in [2.45, 2.75) is 27.2 Å². The molecule has 0 unspecified atom stereocenters. The van der Waals surface area contributed by atoms with Crippen molar-refractivity contribution in [2.75, 3.05) is 0 Å². The highest BCUT2D eigenvalue weighted by Crippen LogP contribution is 2.22. The quantitative estimate of drug-likeness (QED) is 0.603. The molecule has 0 radical (unpaired) electrons. The fourth-order valence-corrected chi connectivity index (χ4v) is 1.39. The van der Waals surface area contributed by atoms with E-state index in [-0.39, 0.29) is 0 Å². The predicted octanol–water partition coefficient (Wildman–Crippen LogP) is 3.70. The largest absolute Gasteiger partial charge is 0.266 e. The van der Waals surface area contributed by atoms with Crippen LogP contribution in [0.4, 0.5) is 0 Å². The van der Waals surface area contributed by atoms with Crippen LogP contribution in [0.2, 0.25) is 5.02 Å². The van der Waals surface area contributed by atoms with Crippen LogP contribution >= 0.6 is 11.6 Å². The lowest BCUT2D eigenvalue weighted by molar-refractivity contribution is 0.931. The van der Waals surface area contributed by atoms with Crippen LogP contribution in [0.3, 0.4) is 0 Å². The minimum absolute atomic E-state index is 0.511. The van der Waals surface area contributed by atoms with E-state index in [9.17, 15) is 0 Å². The Hall–Kier alpha value is -1.48. The monoisotopic (exact) mass is 249 g/mol. The van der Waals surface area contributed by atoms with E-state index in [2.05, 4.69) is 21.5 Å². The first kappa shape index (κ1) is 13.6. The topological polar surface area (TPSA) is 38.1 Å². The van der Waals surface area contributed by atoms with Gasteiger partial charge in [0.25, 0.3) is 0 Å². The Kier molecular flexibility index (Phi) is 5.04. The lowest BCUT2D eigenvalue weighted by Crippen LogP contribution is -1.97. The second kappa shape index (κ2) is 6.30. The van der Waals surface area contributed by atoms with E-state index in [1.54, 1.807) is 18.5 Å². The van der Waals surface area contributed by atoms with Crippen LogP contribution in [-0.4, -0.2) is 15.7 Å². The third-order valence-corrected chi connectivity index (χ3v) is 2.34. The van der Waals surface area contributed by atoms with Crippen molar-refractivity contribution in [3.63, 3.8) is 0 Å². The van der Waals surface area contributed by atoms with Crippen molar-refractivity contribution in [3.8, 4) is 0 Å². The Bertz CT molecular complexity index is 472. The Labute approximate surface area is 107 Å². The number of halogens is 1. The first-order chi connectivity index (χ1) is 8.08. The normalized spacial score (nSPS) is 11.2. The molecule has 90 valence electrons. The van der Waals surface area contributed by atoms with Crippen LogP contribution in [-0.2, 0) is 6.42 Å². The van der Waals surface area contributed by atoms with Gasteiger partial charge in [-0.1, -0.05) is 31.2 Å². The number of nitrogens with zero attached hydrogens (tertiary/aromatic N) is 3. The van der Waals surface area contributed by atoms with E-state index in [4.69, 9.17) is 11.6 Å². The highest BCUT2D eigenvalue weighted by atomic mass is 35.5. The molecule has 0 N–H and O–H groups in total. The highest BCUT2D eigenvalue weighted by molar-refractivity contribution is 6.32. The van der Waals surface area contributed by atoms with Crippen molar-refractivity contribution in [1.29, 1.82) is 0 Å². The molecule has 0 atom stereocenters. The fourth-order valence-electron chi connectivity index (χ4n) is 1.19. The Morgan fingerprint density at radius 2 is 2.24 bits per heavy atom. The van der Waals surface area contributed by atoms with E-state index in [1.165, 1.54) is 0 Å². The average molecular weight is 250 g/mol. The summed E-state index contributed by atoms with van der Waals surface area (Å²) in [6.07, 6.45) is 5.79. The van der Waals surface area contributed by atoms with Crippen molar-refractivity contribution in [2.24, 2.45) is 4.99 Å². The molecule has 3 nitrogen and oxygen atoms in total. The molecule has 1 rings (SSSR count). The Morgan fingerprint density at radius 1 is 1.53 bits per heavy atom. The summed E-state index contributed by atoms with van der Waals surface area (Å²) in [6, 6.07) is 0. The molecule has 0 amide bonds. The Balaban J connectivity index is 3.24. The zero-order valence-corrected chi connectivity index (χ0v) is 11.1. The Morgan fingerprint density at radius 3 is 2.76 bits per heavy atom. The molecular weight excluding hydrogens is 234 g/mol. The summed E-state index contributed by atoms with van der Waals surface area (Å²) in [5.74, 6) is 0.759. The number of aliphatic imine (C=N–C) groups is 1. The van der Waals surface area contributed by atoms with Crippen LogP contribution in [0.25, 0.3) is 5.57 Å². The summed E-state index contributed by atoms with van der Waals surface area (Å²) in [5.41, 5.74) is 2.44. The van der Waals surface area contributed by atoms with Crippen LogP contribution in [0.5, 0.6) is 0 Å². The molecule has 0 bridgehead atoms. The minimum Gasteiger partial charge on any atom is -0.266 e. The maximum absolute atomic E-state index is 6.08. The molecule has 0 saturated carbocycles. The van der Waals surface area contributed by atoms with Gasteiger partial charge in [-0.25, -0.2) is 9.97 Å². The third kappa shape index (κ3) is 3.79. The van der Waals surface area contributed by atoms with Gasteiger partial charge in [-0.2, -0.15) is 0 Å². The van der Waals surface area contributed by atoms with Gasteiger partial charge < -0.3 is 0 Å². The van der Waals surface area contributed by atoms with Crippen molar-refractivity contribution in [3.05, 3.63) is 41.6 Å². The summed E-state index contributed by atoms with van der Waals surface area (Å²) >= 11 is 6.08. The van der Waals surface area contributed by atoms with Crippen molar-refractivity contribution < 1.29 is 0 Å². The van der Waals surface area contributed by atoms with Gasteiger partial charge in [0, 0.05) is 30.1 Å². The smallest absolute Gasteiger partial charge is 0.128 e.